The first-order valence-corrected chi connectivity index (χ1v) is 10.6. The number of H-pyrrole nitrogens is 1. The maximum absolute atomic E-state index is 5.25. The summed E-state index contributed by atoms with van der Waals surface area (Å²) in [5.74, 6) is 3.96. The van der Waals surface area contributed by atoms with Gasteiger partial charge in [0.05, 0.1) is 20.8 Å². The molecule has 0 saturated carbocycles. The number of benzene rings is 2. The van der Waals surface area contributed by atoms with Gasteiger partial charge in [0.15, 0.2) is 11.8 Å². The van der Waals surface area contributed by atoms with Gasteiger partial charge in [-0.2, -0.15) is 5.10 Å². The first-order valence-electron chi connectivity index (χ1n) is 10.6. The van der Waals surface area contributed by atoms with Gasteiger partial charge in [-0.25, -0.2) is 4.98 Å². The van der Waals surface area contributed by atoms with Crippen LogP contribution in [-0.4, -0.2) is 73.5 Å². The molecule has 176 valence electrons. The summed E-state index contributed by atoms with van der Waals surface area (Å²) >= 11 is 0. The number of halogens is 1. The number of aliphatic imine (C=N–C) groups is 1. The summed E-state index contributed by atoms with van der Waals surface area (Å²) in [6.45, 7) is 4.15. The number of aromatic amines is 1. The summed E-state index contributed by atoms with van der Waals surface area (Å²) in [4.78, 5) is 13.7. The molecular formula is C23H30IN7O2. The van der Waals surface area contributed by atoms with Crippen LogP contribution in [0.25, 0.3) is 11.4 Å². The third-order valence-corrected chi connectivity index (χ3v) is 5.52. The number of ether oxygens (including phenoxy) is 2. The second kappa shape index (κ2) is 11.7. The molecule has 1 aliphatic rings. The average molecular weight is 563 g/mol. The second-order valence-electron chi connectivity index (χ2n) is 7.41. The lowest BCUT2D eigenvalue weighted by Gasteiger charge is -2.37. The van der Waals surface area contributed by atoms with Crippen LogP contribution >= 0.6 is 24.0 Å². The lowest BCUT2D eigenvalue weighted by molar-refractivity contribution is 0.372. The van der Waals surface area contributed by atoms with E-state index in [2.05, 4.69) is 47.4 Å². The van der Waals surface area contributed by atoms with E-state index >= 15 is 0 Å². The number of hydrogen-bond acceptors (Lipinski definition) is 6. The maximum Gasteiger partial charge on any atom is 0.194 e. The van der Waals surface area contributed by atoms with Crippen LogP contribution in [0.2, 0.25) is 0 Å². The fourth-order valence-corrected chi connectivity index (χ4v) is 3.71. The number of aromatic nitrogens is 3. The highest BCUT2D eigenvalue weighted by Gasteiger charge is 2.20. The molecule has 0 radical (unpaired) electrons. The van der Waals surface area contributed by atoms with Crippen molar-refractivity contribution in [2.24, 2.45) is 4.99 Å². The van der Waals surface area contributed by atoms with Gasteiger partial charge in [-0.3, -0.25) is 10.1 Å². The predicted molar refractivity (Wildman–Crippen MR) is 141 cm³/mol. The fourth-order valence-electron chi connectivity index (χ4n) is 3.71. The van der Waals surface area contributed by atoms with Crippen LogP contribution in [0.3, 0.4) is 0 Å². The molecule has 3 aromatic rings. The Morgan fingerprint density at radius 1 is 0.970 bits per heavy atom. The van der Waals surface area contributed by atoms with E-state index in [0.717, 1.165) is 55.0 Å². The zero-order chi connectivity index (χ0) is 22.3. The SMILES string of the molecule is CN=C(NCc1nc(-c2ccc(OC)cc2)n[nH]1)N1CCN(c2ccc(OC)cc2)CC1.I. The van der Waals surface area contributed by atoms with E-state index in [-0.39, 0.29) is 24.0 Å². The molecular weight excluding hydrogens is 533 g/mol. The normalized spacial score (nSPS) is 14.0. The van der Waals surface area contributed by atoms with Crippen LogP contribution in [0.1, 0.15) is 5.82 Å². The number of methoxy groups -OCH3 is 2. The Balaban J connectivity index is 0.00000306. The molecule has 4 rings (SSSR count). The minimum Gasteiger partial charge on any atom is -0.497 e. The third kappa shape index (κ3) is 6.06. The van der Waals surface area contributed by atoms with E-state index in [1.807, 2.05) is 36.4 Å². The number of guanidine groups is 1. The Hall–Kier alpha value is -3.02. The van der Waals surface area contributed by atoms with Crippen molar-refractivity contribution in [1.29, 1.82) is 0 Å². The van der Waals surface area contributed by atoms with Crippen molar-refractivity contribution in [2.75, 3.05) is 52.3 Å². The molecule has 1 fully saturated rings. The van der Waals surface area contributed by atoms with Crippen LogP contribution in [-0.2, 0) is 6.54 Å². The molecule has 0 unspecified atom stereocenters. The molecule has 9 nitrogen and oxygen atoms in total. The molecule has 0 amide bonds. The smallest absolute Gasteiger partial charge is 0.194 e. The highest BCUT2D eigenvalue weighted by Crippen LogP contribution is 2.21. The number of nitrogens with one attached hydrogen (secondary N) is 2. The maximum atomic E-state index is 5.25. The van der Waals surface area contributed by atoms with Crippen LogP contribution < -0.4 is 19.7 Å². The lowest BCUT2D eigenvalue weighted by atomic mass is 10.2. The summed E-state index contributed by atoms with van der Waals surface area (Å²) in [5.41, 5.74) is 2.15. The van der Waals surface area contributed by atoms with E-state index < -0.39 is 0 Å². The molecule has 2 aromatic carbocycles. The monoisotopic (exact) mass is 563 g/mol. The quantitative estimate of drug-likeness (QED) is 0.271. The molecule has 0 bridgehead atoms. The van der Waals surface area contributed by atoms with E-state index in [1.54, 1.807) is 21.3 Å². The molecule has 2 N–H and O–H groups in total. The summed E-state index contributed by atoms with van der Waals surface area (Å²) < 4.78 is 10.5. The number of rotatable bonds is 6. The van der Waals surface area contributed by atoms with Crippen molar-refractivity contribution in [3.05, 3.63) is 54.4 Å². The summed E-state index contributed by atoms with van der Waals surface area (Å²) in [6, 6.07) is 15.9. The zero-order valence-electron chi connectivity index (χ0n) is 19.1. The number of piperazine rings is 1. The Bertz CT molecular complexity index is 1030. The van der Waals surface area contributed by atoms with Gasteiger partial charge in [-0.1, -0.05) is 0 Å². The molecule has 0 aliphatic carbocycles. The van der Waals surface area contributed by atoms with Crippen molar-refractivity contribution in [3.63, 3.8) is 0 Å². The Morgan fingerprint density at radius 3 is 2.15 bits per heavy atom. The summed E-state index contributed by atoms with van der Waals surface area (Å²) in [5, 5.41) is 10.7. The molecule has 1 aromatic heterocycles. The highest BCUT2D eigenvalue weighted by molar-refractivity contribution is 14.0. The number of nitrogens with zero attached hydrogens (tertiary/aromatic N) is 5. The summed E-state index contributed by atoms with van der Waals surface area (Å²) in [7, 11) is 5.14. The largest absolute Gasteiger partial charge is 0.497 e. The average Bonchev–Trinajstić information content (AvgIpc) is 3.34. The van der Waals surface area contributed by atoms with Gasteiger partial charge in [0.25, 0.3) is 0 Å². The molecule has 0 atom stereocenters. The van der Waals surface area contributed by atoms with Crippen LogP contribution in [0, 0.1) is 0 Å². The molecule has 1 aliphatic heterocycles. The topological polar surface area (TPSA) is 90.9 Å². The number of anilines is 1. The molecule has 33 heavy (non-hydrogen) atoms. The highest BCUT2D eigenvalue weighted by atomic mass is 127. The fraction of sp³-hybridized carbons (Fsp3) is 0.348. The zero-order valence-corrected chi connectivity index (χ0v) is 21.4. The van der Waals surface area contributed by atoms with Crippen LogP contribution in [0.15, 0.2) is 53.5 Å². The Morgan fingerprint density at radius 2 is 1.58 bits per heavy atom. The minimum absolute atomic E-state index is 0. The third-order valence-electron chi connectivity index (χ3n) is 5.52. The van der Waals surface area contributed by atoms with Gasteiger partial charge in [-0.15, -0.1) is 24.0 Å². The Kier molecular flexibility index (Phi) is 8.75. The van der Waals surface area contributed by atoms with Gasteiger partial charge < -0.3 is 24.6 Å². The molecule has 10 heteroatoms. The van der Waals surface area contributed by atoms with Gasteiger partial charge in [0, 0.05) is 44.5 Å². The van der Waals surface area contributed by atoms with Crippen molar-refractivity contribution in [1.82, 2.24) is 25.4 Å². The van der Waals surface area contributed by atoms with Gasteiger partial charge >= 0.3 is 0 Å². The van der Waals surface area contributed by atoms with Crippen LogP contribution in [0.4, 0.5) is 5.69 Å². The molecule has 2 heterocycles. The van der Waals surface area contributed by atoms with Gasteiger partial charge in [-0.05, 0) is 48.5 Å². The van der Waals surface area contributed by atoms with Gasteiger partial charge in [0.1, 0.15) is 17.3 Å². The second-order valence-corrected chi connectivity index (χ2v) is 7.41. The van der Waals surface area contributed by atoms with Crippen molar-refractivity contribution < 1.29 is 9.47 Å². The summed E-state index contributed by atoms with van der Waals surface area (Å²) in [6.07, 6.45) is 0. The van der Waals surface area contributed by atoms with E-state index in [0.29, 0.717) is 12.4 Å². The van der Waals surface area contributed by atoms with E-state index in [4.69, 9.17) is 9.47 Å². The molecule has 1 saturated heterocycles. The first-order chi connectivity index (χ1) is 15.7. The van der Waals surface area contributed by atoms with Crippen molar-refractivity contribution >= 4 is 35.6 Å². The number of hydrogen-bond donors (Lipinski definition) is 2. The standard InChI is InChI=1S/C23H29N7O2.HI/c1-24-23(30-14-12-29(13-15-30)18-6-10-20(32-3)11-7-18)25-16-21-26-22(28-27-21)17-4-8-19(31-2)9-5-17;/h4-11H,12-16H2,1-3H3,(H,24,25)(H,26,27,28);1H. The lowest BCUT2D eigenvalue weighted by Crippen LogP contribution is -2.52. The van der Waals surface area contributed by atoms with Crippen molar-refractivity contribution in [2.45, 2.75) is 6.54 Å². The van der Waals surface area contributed by atoms with E-state index in [9.17, 15) is 0 Å². The minimum atomic E-state index is 0. The Labute approximate surface area is 211 Å². The predicted octanol–water partition coefficient (Wildman–Crippen LogP) is 3.00. The van der Waals surface area contributed by atoms with Crippen molar-refractivity contribution in [3.8, 4) is 22.9 Å². The first kappa shape index (κ1) is 24.6. The molecule has 0 spiro atoms. The van der Waals surface area contributed by atoms with E-state index in [1.165, 1.54) is 5.69 Å². The van der Waals surface area contributed by atoms with Crippen LogP contribution in [0.5, 0.6) is 11.5 Å². The van der Waals surface area contributed by atoms with Gasteiger partial charge in [0.2, 0.25) is 0 Å².